The maximum absolute atomic E-state index is 5.82. The van der Waals surface area contributed by atoms with Crippen LogP contribution >= 0.6 is 11.6 Å². The Morgan fingerprint density at radius 1 is 1.75 bits per heavy atom. The standard InChI is InChI=1S/C8H10ClN3/c1-4-2-5-3-6(9)7(10)12-8(5)11-4/h3-4H,2H2,1H3,(H3,10,11,12). The van der Waals surface area contributed by atoms with E-state index in [0.717, 1.165) is 17.8 Å². The number of nitrogen functional groups attached to an aromatic ring is 1. The number of nitrogens with two attached hydrogens (primary N) is 1. The molecule has 2 heterocycles. The average Bonchev–Trinajstić information content (AvgIpc) is 2.30. The van der Waals surface area contributed by atoms with Crippen LogP contribution in [0.5, 0.6) is 0 Å². The molecule has 12 heavy (non-hydrogen) atoms. The van der Waals surface area contributed by atoms with Crippen LogP contribution in [0.3, 0.4) is 0 Å². The summed E-state index contributed by atoms with van der Waals surface area (Å²) >= 11 is 5.82. The summed E-state index contributed by atoms with van der Waals surface area (Å²) in [6.07, 6.45) is 0.975. The molecule has 1 unspecified atom stereocenters. The van der Waals surface area contributed by atoms with E-state index in [4.69, 9.17) is 17.3 Å². The number of hydrogen-bond donors (Lipinski definition) is 2. The summed E-state index contributed by atoms with van der Waals surface area (Å²) < 4.78 is 0. The Balaban J connectivity index is 2.48. The Bertz CT molecular complexity index is 293. The number of nitrogens with one attached hydrogen (secondary N) is 1. The maximum Gasteiger partial charge on any atom is 0.144 e. The van der Waals surface area contributed by atoms with E-state index in [9.17, 15) is 0 Å². The zero-order valence-electron chi connectivity index (χ0n) is 6.76. The zero-order chi connectivity index (χ0) is 8.72. The second-order valence-electron chi connectivity index (χ2n) is 3.11. The fourth-order valence-electron chi connectivity index (χ4n) is 1.44. The third-order valence-corrected chi connectivity index (χ3v) is 2.29. The van der Waals surface area contributed by atoms with Gasteiger partial charge < -0.3 is 11.1 Å². The molecule has 1 aromatic rings. The Morgan fingerprint density at radius 2 is 2.50 bits per heavy atom. The smallest absolute Gasteiger partial charge is 0.144 e. The van der Waals surface area contributed by atoms with Crippen molar-refractivity contribution in [2.24, 2.45) is 0 Å². The lowest BCUT2D eigenvalue weighted by Gasteiger charge is -2.02. The van der Waals surface area contributed by atoms with Crippen LogP contribution in [0.15, 0.2) is 6.07 Å². The third kappa shape index (κ3) is 1.10. The highest BCUT2D eigenvalue weighted by atomic mass is 35.5. The van der Waals surface area contributed by atoms with Crippen LogP contribution in [-0.4, -0.2) is 11.0 Å². The van der Waals surface area contributed by atoms with Gasteiger partial charge in [0.15, 0.2) is 0 Å². The van der Waals surface area contributed by atoms with E-state index in [1.54, 1.807) is 0 Å². The minimum absolute atomic E-state index is 0.400. The first-order valence-electron chi connectivity index (χ1n) is 3.88. The zero-order valence-corrected chi connectivity index (χ0v) is 7.52. The molecule has 2 rings (SSSR count). The highest BCUT2D eigenvalue weighted by Gasteiger charge is 2.19. The van der Waals surface area contributed by atoms with Crippen molar-refractivity contribution in [2.75, 3.05) is 11.1 Å². The highest BCUT2D eigenvalue weighted by Crippen LogP contribution is 2.29. The summed E-state index contributed by atoms with van der Waals surface area (Å²) in [4.78, 5) is 4.14. The number of hydrogen-bond acceptors (Lipinski definition) is 3. The first kappa shape index (κ1) is 7.68. The molecule has 4 heteroatoms. The van der Waals surface area contributed by atoms with Gasteiger partial charge in [-0.1, -0.05) is 11.6 Å². The van der Waals surface area contributed by atoms with Crippen molar-refractivity contribution in [1.29, 1.82) is 0 Å². The summed E-state index contributed by atoms with van der Waals surface area (Å²) in [5.74, 6) is 1.28. The van der Waals surface area contributed by atoms with E-state index in [-0.39, 0.29) is 0 Å². The second-order valence-corrected chi connectivity index (χ2v) is 3.52. The van der Waals surface area contributed by atoms with E-state index in [1.807, 2.05) is 6.07 Å². The average molecular weight is 184 g/mol. The molecular formula is C8H10ClN3. The van der Waals surface area contributed by atoms with E-state index >= 15 is 0 Å². The van der Waals surface area contributed by atoms with Crippen LogP contribution in [0, 0.1) is 0 Å². The molecule has 64 valence electrons. The quantitative estimate of drug-likeness (QED) is 0.644. The molecule has 0 fully saturated rings. The molecule has 0 amide bonds. The maximum atomic E-state index is 5.82. The van der Waals surface area contributed by atoms with Crippen LogP contribution in [-0.2, 0) is 6.42 Å². The molecule has 0 radical (unpaired) electrons. The monoisotopic (exact) mass is 183 g/mol. The van der Waals surface area contributed by atoms with Crippen LogP contribution in [0.2, 0.25) is 5.02 Å². The van der Waals surface area contributed by atoms with Gasteiger partial charge in [-0.3, -0.25) is 0 Å². The van der Waals surface area contributed by atoms with Gasteiger partial charge in [0.2, 0.25) is 0 Å². The predicted octanol–water partition coefficient (Wildman–Crippen LogP) is 1.67. The molecule has 3 N–H and O–H groups in total. The van der Waals surface area contributed by atoms with Crippen LogP contribution in [0.25, 0.3) is 0 Å². The Hall–Kier alpha value is -0.960. The van der Waals surface area contributed by atoms with E-state index < -0.39 is 0 Å². The van der Waals surface area contributed by atoms with Gasteiger partial charge >= 0.3 is 0 Å². The van der Waals surface area contributed by atoms with Gasteiger partial charge in [0, 0.05) is 6.04 Å². The van der Waals surface area contributed by atoms with Crippen molar-refractivity contribution in [3.63, 3.8) is 0 Å². The van der Waals surface area contributed by atoms with Crippen molar-refractivity contribution in [3.05, 3.63) is 16.7 Å². The van der Waals surface area contributed by atoms with Crippen molar-refractivity contribution in [3.8, 4) is 0 Å². The number of fused-ring (bicyclic) bond motifs is 1. The molecule has 0 aliphatic carbocycles. The molecule has 1 aromatic heterocycles. The number of halogens is 1. The lowest BCUT2D eigenvalue weighted by molar-refractivity contribution is 0.838. The summed E-state index contributed by atoms with van der Waals surface area (Å²) in [6, 6.07) is 2.32. The van der Waals surface area contributed by atoms with Gasteiger partial charge in [-0.2, -0.15) is 0 Å². The number of nitrogens with zero attached hydrogens (tertiary/aromatic N) is 1. The van der Waals surface area contributed by atoms with Gasteiger partial charge in [0.1, 0.15) is 11.6 Å². The molecular weight excluding hydrogens is 174 g/mol. The molecule has 0 spiro atoms. The van der Waals surface area contributed by atoms with Crippen LogP contribution in [0.4, 0.5) is 11.6 Å². The summed E-state index contributed by atoms with van der Waals surface area (Å²) in [6.45, 7) is 2.10. The predicted molar refractivity (Wildman–Crippen MR) is 50.4 cm³/mol. The normalized spacial score (nSPS) is 20.3. The fourth-order valence-corrected chi connectivity index (χ4v) is 1.61. The van der Waals surface area contributed by atoms with Gasteiger partial charge in [0.25, 0.3) is 0 Å². The van der Waals surface area contributed by atoms with Crippen molar-refractivity contribution in [2.45, 2.75) is 19.4 Å². The topological polar surface area (TPSA) is 50.9 Å². The lowest BCUT2D eigenvalue weighted by atomic mass is 10.2. The van der Waals surface area contributed by atoms with E-state index in [2.05, 4.69) is 17.2 Å². The second kappa shape index (κ2) is 2.52. The molecule has 0 saturated heterocycles. The minimum atomic E-state index is 0.400. The number of anilines is 2. The lowest BCUT2D eigenvalue weighted by Crippen LogP contribution is -2.09. The largest absolute Gasteiger partial charge is 0.382 e. The summed E-state index contributed by atoms with van der Waals surface area (Å²) in [5.41, 5.74) is 6.71. The molecule has 1 atom stereocenters. The Kier molecular flexibility index (Phi) is 1.61. The Labute approximate surface area is 75.9 Å². The van der Waals surface area contributed by atoms with Gasteiger partial charge in [0.05, 0.1) is 5.02 Å². The first-order chi connectivity index (χ1) is 5.66. The Morgan fingerprint density at radius 3 is 3.25 bits per heavy atom. The van der Waals surface area contributed by atoms with E-state index in [0.29, 0.717) is 16.9 Å². The van der Waals surface area contributed by atoms with Crippen molar-refractivity contribution in [1.82, 2.24) is 4.98 Å². The van der Waals surface area contributed by atoms with Gasteiger partial charge in [-0.05, 0) is 25.0 Å². The van der Waals surface area contributed by atoms with Gasteiger partial charge in [-0.15, -0.1) is 0 Å². The van der Waals surface area contributed by atoms with Crippen molar-refractivity contribution >= 4 is 23.2 Å². The number of rotatable bonds is 0. The molecule has 1 aliphatic rings. The molecule has 3 nitrogen and oxygen atoms in total. The highest BCUT2D eigenvalue weighted by molar-refractivity contribution is 6.32. The summed E-state index contributed by atoms with van der Waals surface area (Å²) in [5, 5.41) is 3.76. The molecule has 0 aromatic carbocycles. The minimum Gasteiger partial charge on any atom is -0.382 e. The number of pyridine rings is 1. The van der Waals surface area contributed by atoms with Gasteiger partial charge in [-0.25, -0.2) is 4.98 Å². The van der Waals surface area contributed by atoms with Crippen molar-refractivity contribution < 1.29 is 0 Å². The van der Waals surface area contributed by atoms with E-state index in [1.165, 1.54) is 0 Å². The molecule has 0 saturated carbocycles. The first-order valence-corrected chi connectivity index (χ1v) is 4.26. The van der Waals surface area contributed by atoms with Crippen LogP contribution in [0.1, 0.15) is 12.5 Å². The SMILES string of the molecule is CC1Cc2cc(Cl)c(N)nc2N1. The third-order valence-electron chi connectivity index (χ3n) is 1.99. The molecule has 1 aliphatic heterocycles. The number of aromatic nitrogens is 1. The fraction of sp³-hybridized carbons (Fsp3) is 0.375. The summed E-state index contributed by atoms with van der Waals surface area (Å²) in [7, 11) is 0. The van der Waals surface area contributed by atoms with Crippen LogP contribution < -0.4 is 11.1 Å². The molecule has 0 bridgehead atoms.